The number of nitrogens with zero attached hydrogens (tertiary/aromatic N) is 3. The van der Waals surface area contributed by atoms with Crippen LogP contribution in [0.2, 0.25) is 0 Å². The maximum absolute atomic E-state index is 12.1. The van der Waals surface area contributed by atoms with E-state index in [1.54, 1.807) is 0 Å². The van der Waals surface area contributed by atoms with E-state index in [0.29, 0.717) is 0 Å². The number of carboxylic acid groups (broad SMARTS) is 1. The first-order valence-electron chi connectivity index (χ1n) is 5.30. The van der Waals surface area contributed by atoms with Crippen molar-refractivity contribution in [2.75, 3.05) is 0 Å². The summed E-state index contributed by atoms with van der Waals surface area (Å²) in [6.07, 6.45) is -4.80. The van der Waals surface area contributed by atoms with E-state index in [9.17, 15) is 18.0 Å². The number of aromatic carboxylic acids is 1. The second-order valence-corrected chi connectivity index (χ2v) is 3.79. The predicted octanol–water partition coefficient (Wildman–Crippen LogP) is 2.17. The molecule has 0 fully saturated rings. The molecule has 106 valence electrons. The number of ether oxygens (including phenoxy) is 1. The van der Waals surface area contributed by atoms with Gasteiger partial charge in [-0.1, -0.05) is 11.3 Å². The summed E-state index contributed by atoms with van der Waals surface area (Å²) >= 11 is 0. The molecule has 0 spiro atoms. The van der Waals surface area contributed by atoms with Crippen LogP contribution in [0.1, 0.15) is 16.2 Å². The molecule has 1 heterocycles. The zero-order valence-corrected chi connectivity index (χ0v) is 10.0. The number of alkyl halides is 3. The molecule has 0 saturated carbocycles. The minimum atomic E-state index is -4.80. The van der Waals surface area contributed by atoms with Crippen molar-refractivity contribution >= 4 is 5.97 Å². The van der Waals surface area contributed by atoms with Gasteiger partial charge in [0.05, 0.1) is 11.4 Å². The van der Waals surface area contributed by atoms with Gasteiger partial charge in [-0.25, -0.2) is 9.48 Å². The third-order valence-electron chi connectivity index (χ3n) is 2.39. The van der Waals surface area contributed by atoms with Crippen LogP contribution in [0.3, 0.4) is 0 Å². The highest BCUT2D eigenvalue weighted by Gasteiger charge is 2.31. The summed E-state index contributed by atoms with van der Waals surface area (Å²) in [5, 5.41) is 15.9. The summed E-state index contributed by atoms with van der Waals surface area (Å²) < 4.78 is 41.3. The largest absolute Gasteiger partial charge is 0.573 e. The van der Waals surface area contributed by atoms with Crippen LogP contribution in [-0.4, -0.2) is 32.4 Å². The molecule has 0 radical (unpaired) electrons. The van der Waals surface area contributed by atoms with Gasteiger partial charge in [0.25, 0.3) is 0 Å². The van der Waals surface area contributed by atoms with Crippen molar-refractivity contribution in [3.8, 4) is 11.4 Å². The fourth-order valence-corrected chi connectivity index (χ4v) is 1.58. The molecule has 2 rings (SSSR count). The number of halogens is 3. The maximum Gasteiger partial charge on any atom is 0.573 e. The number of rotatable bonds is 3. The fourth-order valence-electron chi connectivity index (χ4n) is 1.58. The molecule has 6 nitrogen and oxygen atoms in total. The van der Waals surface area contributed by atoms with Gasteiger partial charge in [0.15, 0.2) is 5.69 Å². The molecular formula is C11H8F3N3O3. The van der Waals surface area contributed by atoms with Gasteiger partial charge in [-0.3, -0.25) is 0 Å². The van der Waals surface area contributed by atoms with E-state index in [-0.39, 0.29) is 17.1 Å². The molecule has 0 saturated heterocycles. The highest BCUT2D eigenvalue weighted by molar-refractivity contribution is 5.86. The number of benzene rings is 1. The van der Waals surface area contributed by atoms with Crippen LogP contribution in [-0.2, 0) is 0 Å². The van der Waals surface area contributed by atoms with Crippen LogP contribution >= 0.6 is 0 Å². The normalized spacial score (nSPS) is 11.4. The number of aromatic nitrogens is 3. The van der Waals surface area contributed by atoms with Crippen molar-refractivity contribution in [2.45, 2.75) is 13.3 Å². The Morgan fingerprint density at radius 1 is 1.40 bits per heavy atom. The van der Waals surface area contributed by atoms with Crippen LogP contribution in [0, 0.1) is 6.92 Å². The first-order valence-corrected chi connectivity index (χ1v) is 5.30. The molecule has 2 aromatic rings. The molecule has 0 aliphatic heterocycles. The van der Waals surface area contributed by atoms with Gasteiger partial charge in [-0.05, 0) is 19.1 Å². The summed E-state index contributed by atoms with van der Waals surface area (Å²) in [6.45, 7) is 1.45. The molecule has 0 atom stereocenters. The van der Waals surface area contributed by atoms with Crippen molar-refractivity contribution < 1.29 is 27.8 Å². The average Bonchev–Trinajstić information content (AvgIpc) is 2.69. The van der Waals surface area contributed by atoms with E-state index in [0.717, 1.165) is 16.8 Å². The lowest BCUT2D eigenvalue weighted by molar-refractivity contribution is -0.274. The summed E-state index contributed by atoms with van der Waals surface area (Å²) in [5.74, 6) is -1.70. The molecule has 20 heavy (non-hydrogen) atoms. The Kier molecular flexibility index (Phi) is 3.35. The Hall–Kier alpha value is -2.58. The summed E-state index contributed by atoms with van der Waals surface area (Å²) in [4.78, 5) is 10.8. The quantitative estimate of drug-likeness (QED) is 0.936. The standard InChI is InChI=1S/C11H8F3N3O3/c1-6-9(10(18)19)15-16-17(6)7-3-2-4-8(5-7)20-11(12,13)14/h2-5H,1H3,(H,18,19). The smallest absolute Gasteiger partial charge is 0.476 e. The number of hydrogen-bond donors (Lipinski definition) is 1. The molecular weight excluding hydrogens is 279 g/mol. The van der Waals surface area contributed by atoms with Crippen LogP contribution in [0.25, 0.3) is 5.69 Å². The second kappa shape index (κ2) is 4.83. The topological polar surface area (TPSA) is 77.2 Å². The average molecular weight is 287 g/mol. The molecule has 0 aliphatic carbocycles. The van der Waals surface area contributed by atoms with Gasteiger partial charge >= 0.3 is 12.3 Å². The Labute approximate surface area is 110 Å². The van der Waals surface area contributed by atoms with Crippen molar-refractivity contribution in [2.24, 2.45) is 0 Å². The SMILES string of the molecule is Cc1c(C(=O)O)nnn1-c1cccc(OC(F)(F)F)c1. The van der Waals surface area contributed by atoms with E-state index >= 15 is 0 Å². The van der Waals surface area contributed by atoms with Crippen molar-refractivity contribution in [3.63, 3.8) is 0 Å². The first-order chi connectivity index (χ1) is 9.28. The highest BCUT2D eigenvalue weighted by Crippen LogP contribution is 2.25. The van der Waals surface area contributed by atoms with E-state index < -0.39 is 18.1 Å². The second-order valence-electron chi connectivity index (χ2n) is 3.79. The fraction of sp³-hybridized carbons (Fsp3) is 0.182. The van der Waals surface area contributed by atoms with Gasteiger partial charge in [-0.2, -0.15) is 0 Å². The number of carboxylic acids is 1. The van der Waals surface area contributed by atoms with Crippen LogP contribution in [0.15, 0.2) is 24.3 Å². The van der Waals surface area contributed by atoms with Crippen molar-refractivity contribution in [1.29, 1.82) is 0 Å². The lowest BCUT2D eigenvalue weighted by Crippen LogP contribution is -2.17. The van der Waals surface area contributed by atoms with Gasteiger partial charge in [0, 0.05) is 6.07 Å². The van der Waals surface area contributed by atoms with Gasteiger partial charge in [-0.15, -0.1) is 18.3 Å². The van der Waals surface area contributed by atoms with Crippen molar-refractivity contribution in [1.82, 2.24) is 15.0 Å². The summed E-state index contributed by atoms with van der Waals surface area (Å²) in [6, 6.07) is 5.00. The molecule has 1 N–H and O–H groups in total. The third-order valence-corrected chi connectivity index (χ3v) is 2.39. The van der Waals surface area contributed by atoms with Gasteiger partial charge in [0.1, 0.15) is 5.75 Å². The first kappa shape index (κ1) is 13.8. The summed E-state index contributed by atoms with van der Waals surface area (Å²) in [7, 11) is 0. The van der Waals surface area contributed by atoms with Crippen LogP contribution in [0.5, 0.6) is 5.75 Å². The van der Waals surface area contributed by atoms with E-state index in [1.165, 1.54) is 19.1 Å². The number of carbonyl (C=O) groups is 1. The molecule has 0 bridgehead atoms. The minimum Gasteiger partial charge on any atom is -0.476 e. The molecule has 1 aromatic carbocycles. The Bertz CT molecular complexity index is 652. The monoisotopic (exact) mass is 287 g/mol. The molecule has 9 heteroatoms. The number of hydrogen-bond acceptors (Lipinski definition) is 4. The highest BCUT2D eigenvalue weighted by atomic mass is 19.4. The zero-order valence-electron chi connectivity index (χ0n) is 10.0. The lowest BCUT2D eigenvalue weighted by Gasteiger charge is -2.10. The lowest BCUT2D eigenvalue weighted by atomic mass is 10.3. The Morgan fingerprint density at radius 2 is 2.10 bits per heavy atom. The summed E-state index contributed by atoms with van der Waals surface area (Å²) in [5.41, 5.74) is 0.137. The van der Waals surface area contributed by atoms with Crippen molar-refractivity contribution in [3.05, 3.63) is 35.7 Å². The third kappa shape index (κ3) is 2.87. The van der Waals surface area contributed by atoms with Crippen LogP contribution in [0.4, 0.5) is 13.2 Å². The molecule has 1 aromatic heterocycles. The Morgan fingerprint density at radius 3 is 2.65 bits per heavy atom. The van der Waals surface area contributed by atoms with Crippen LogP contribution < -0.4 is 4.74 Å². The predicted molar refractivity (Wildman–Crippen MR) is 59.7 cm³/mol. The maximum atomic E-state index is 12.1. The van der Waals surface area contributed by atoms with E-state index in [4.69, 9.17) is 5.11 Å². The van der Waals surface area contributed by atoms with Gasteiger partial charge < -0.3 is 9.84 Å². The minimum absolute atomic E-state index is 0.196. The molecule has 0 aliphatic rings. The molecule has 0 unspecified atom stereocenters. The van der Waals surface area contributed by atoms with E-state index in [2.05, 4.69) is 15.0 Å². The Balaban J connectivity index is 2.39. The van der Waals surface area contributed by atoms with E-state index in [1.807, 2.05) is 0 Å². The van der Waals surface area contributed by atoms with Gasteiger partial charge in [0.2, 0.25) is 0 Å². The molecule has 0 amide bonds. The zero-order chi connectivity index (χ0) is 14.9.